The number of rotatable bonds is 5. The van der Waals surface area contributed by atoms with E-state index in [0.717, 1.165) is 22.0 Å². The number of amides is 2. The predicted molar refractivity (Wildman–Crippen MR) is 96.7 cm³/mol. The maximum Gasteiger partial charge on any atom is 0.322 e. The molecule has 0 bridgehead atoms. The first kappa shape index (κ1) is 16.0. The van der Waals surface area contributed by atoms with Gasteiger partial charge in [0.25, 0.3) is 0 Å². The predicted octanol–water partition coefficient (Wildman–Crippen LogP) is 3.23. The molecule has 0 saturated carbocycles. The summed E-state index contributed by atoms with van der Waals surface area (Å²) in [5.74, 6) is 0. The minimum Gasteiger partial charge on any atom is -0.329 e. The van der Waals surface area contributed by atoms with Crippen LogP contribution in [0.1, 0.15) is 5.56 Å². The number of carbonyl (C=O) groups excluding carboxylic acids is 1. The highest BCUT2D eigenvalue weighted by Crippen LogP contribution is 2.18. The molecule has 0 unspecified atom stereocenters. The van der Waals surface area contributed by atoms with Gasteiger partial charge in [-0.2, -0.15) is 0 Å². The molecule has 3 aromatic rings. The summed E-state index contributed by atoms with van der Waals surface area (Å²) in [6, 6.07) is 17.4. The quantitative estimate of drug-likeness (QED) is 0.758. The lowest BCUT2D eigenvalue weighted by molar-refractivity contribution is 0.210. The number of pyridine rings is 1. The summed E-state index contributed by atoms with van der Waals surface area (Å²) in [6.07, 6.45) is 3.54. The van der Waals surface area contributed by atoms with Crippen LogP contribution in [-0.2, 0) is 6.54 Å². The monoisotopic (exact) mass is 320 g/mol. The van der Waals surface area contributed by atoms with Crippen molar-refractivity contribution >= 4 is 22.5 Å². The third kappa shape index (κ3) is 3.88. The van der Waals surface area contributed by atoms with Gasteiger partial charge in [0.05, 0.1) is 0 Å². The van der Waals surface area contributed by atoms with Crippen molar-refractivity contribution in [1.82, 2.24) is 9.88 Å². The summed E-state index contributed by atoms with van der Waals surface area (Å²) >= 11 is 0. The van der Waals surface area contributed by atoms with E-state index in [0.29, 0.717) is 19.6 Å². The third-order valence-electron chi connectivity index (χ3n) is 3.79. The molecule has 0 aliphatic carbocycles. The van der Waals surface area contributed by atoms with E-state index in [2.05, 4.69) is 10.3 Å². The SMILES string of the molecule is NCCN(Cc1ccccc1)C(=O)Nc1ccc2cnccc2c1. The number of benzene rings is 2. The van der Waals surface area contributed by atoms with E-state index >= 15 is 0 Å². The van der Waals surface area contributed by atoms with Gasteiger partial charge in [0.1, 0.15) is 0 Å². The smallest absolute Gasteiger partial charge is 0.322 e. The summed E-state index contributed by atoms with van der Waals surface area (Å²) < 4.78 is 0. The van der Waals surface area contributed by atoms with Gasteiger partial charge in [0, 0.05) is 43.1 Å². The van der Waals surface area contributed by atoms with Crippen LogP contribution in [0.2, 0.25) is 0 Å². The van der Waals surface area contributed by atoms with Crippen LogP contribution in [0.4, 0.5) is 10.5 Å². The topological polar surface area (TPSA) is 71.2 Å². The molecule has 0 fully saturated rings. The number of carbonyl (C=O) groups is 1. The first-order valence-electron chi connectivity index (χ1n) is 7.90. The van der Waals surface area contributed by atoms with Crippen LogP contribution < -0.4 is 11.1 Å². The highest BCUT2D eigenvalue weighted by Gasteiger charge is 2.13. The van der Waals surface area contributed by atoms with Crippen molar-refractivity contribution in [2.24, 2.45) is 5.73 Å². The number of aromatic nitrogens is 1. The molecule has 3 rings (SSSR count). The van der Waals surface area contributed by atoms with Crippen molar-refractivity contribution in [1.29, 1.82) is 0 Å². The molecule has 24 heavy (non-hydrogen) atoms. The molecule has 0 aliphatic heterocycles. The Kier molecular flexibility index (Phi) is 5.03. The number of hydrogen-bond acceptors (Lipinski definition) is 3. The molecule has 5 heteroatoms. The number of fused-ring (bicyclic) bond motifs is 1. The average Bonchev–Trinajstić information content (AvgIpc) is 2.62. The van der Waals surface area contributed by atoms with Crippen LogP contribution in [0.15, 0.2) is 67.0 Å². The van der Waals surface area contributed by atoms with E-state index in [-0.39, 0.29) is 6.03 Å². The van der Waals surface area contributed by atoms with Gasteiger partial charge < -0.3 is 16.0 Å². The maximum atomic E-state index is 12.6. The van der Waals surface area contributed by atoms with E-state index in [1.165, 1.54) is 0 Å². The standard InChI is InChI=1S/C19H20N4O/c20-9-11-23(14-15-4-2-1-3-5-15)19(24)22-18-7-6-17-13-21-10-8-16(17)12-18/h1-8,10,12-13H,9,11,14,20H2,(H,22,24). The Morgan fingerprint density at radius 1 is 1.08 bits per heavy atom. The Labute approximate surface area is 141 Å². The molecule has 2 aromatic carbocycles. The molecule has 1 heterocycles. The van der Waals surface area contributed by atoms with E-state index in [9.17, 15) is 4.79 Å². The highest BCUT2D eigenvalue weighted by atomic mass is 16.2. The van der Waals surface area contributed by atoms with Crippen molar-refractivity contribution < 1.29 is 4.79 Å². The molecule has 0 aliphatic rings. The van der Waals surface area contributed by atoms with Crippen molar-refractivity contribution in [3.8, 4) is 0 Å². The molecule has 0 radical (unpaired) electrons. The van der Waals surface area contributed by atoms with Crippen LogP contribution in [-0.4, -0.2) is 29.0 Å². The molecule has 0 atom stereocenters. The average molecular weight is 320 g/mol. The lowest BCUT2D eigenvalue weighted by atomic mass is 10.1. The van der Waals surface area contributed by atoms with Crippen LogP contribution >= 0.6 is 0 Å². The van der Waals surface area contributed by atoms with Gasteiger partial charge in [-0.1, -0.05) is 36.4 Å². The van der Waals surface area contributed by atoms with Gasteiger partial charge in [-0.3, -0.25) is 4.98 Å². The van der Waals surface area contributed by atoms with E-state index in [4.69, 9.17) is 5.73 Å². The van der Waals surface area contributed by atoms with Gasteiger partial charge >= 0.3 is 6.03 Å². The second-order valence-corrected chi connectivity index (χ2v) is 5.56. The summed E-state index contributed by atoms with van der Waals surface area (Å²) in [7, 11) is 0. The lowest BCUT2D eigenvalue weighted by Gasteiger charge is -2.22. The second kappa shape index (κ2) is 7.57. The van der Waals surface area contributed by atoms with Gasteiger partial charge in [-0.15, -0.1) is 0 Å². The summed E-state index contributed by atoms with van der Waals surface area (Å²) in [5, 5.41) is 5.03. The Balaban J connectivity index is 1.74. The third-order valence-corrected chi connectivity index (χ3v) is 3.79. The first-order chi connectivity index (χ1) is 11.8. The molecule has 0 spiro atoms. The lowest BCUT2D eigenvalue weighted by Crippen LogP contribution is -2.37. The van der Waals surface area contributed by atoms with Crippen LogP contribution in [0, 0.1) is 0 Å². The fourth-order valence-corrected chi connectivity index (χ4v) is 2.58. The fraction of sp³-hybridized carbons (Fsp3) is 0.158. The number of nitrogens with one attached hydrogen (secondary N) is 1. The van der Waals surface area contributed by atoms with Crippen molar-refractivity contribution in [2.75, 3.05) is 18.4 Å². The van der Waals surface area contributed by atoms with Crippen molar-refractivity contribution in [3.05, 3.63) is 72.6 Å². The highest BCUT2D eigenvalue weighted by molar-refractivity contribution is 5.93. The Morgan fingerprint density at radius 3 is 2.71 bits per heavy atom. The molecular formula is C19H20N4O. The zero-order valence-corrected chi connectivity index (χ0v) is 13.4. The molecular weight excluding hydrogens is 300 g/mol. The number of hydrogen-bond donors (Lipinski definition) is 2. The number of urea groups is 1. The van der Waals surface area contributed by atoms with E-state index in [1.807, 2.05) is 54.6 Å². The van der Waals surface area contributed by atoms with Gasteiger partial charge in [0.2, 0.25) is 0 Å². The zero-order valence-electron chi connectivity index (χ0n) is 13.4. The summed E-state index contributed by atoms with van der Waals surface area (Å²) in [6.45, 7) is 1.45. The maximum absolute atomic E-state index is 12.6. The normalized spacial score (nSPS) is 10.5. The minimum atomic E-state index is -0.155. The van der Waals surface area contributed by atoms with Crippen LogP contribution in [0.5, 0.6) is 0 Å². The van der Waals surface area contributed by atoms with E-state index in [1.54, 1.807) is 17.3 Å². The van der Waals surface area contributed by atoms with Gasteiger partial charge in [-0.05, 0) is 29.1 Å². The van der Waals surface area contributed by atoms with Gasteiger partial charge in [0.15, 0.2) is 0 Å². The van der Waals surface area contributed by atoms with Crippen LogP contribution in [0.3, 0.4) is 0 Å². The summed E-state index contributed by atoms with van der Waals surface area (Å²) in [5.41, 5.74) is 7.49. The molecule has 3 N–H and O–H groups in total. The fourth-order valence-electron chi connectivity index (χ4n) is 2.58. The molecule has 2 amide bonds. The molecule has 1 aromatic heterocycles. The van der Waals surface area contributed by atoms with Crippen molar-refractivity contribution in [2.45, 2.75) is 6.54 Å². The number of anilines is 1. The largest absolute Gasteiger partial charge is 0.329 e. The molecule has 0 saturated heterocycles. The molecule has 5 nitrogen and oxygen atoms in total. The van der Waals surface area contributed by atoms with Crippen LogP contribution in [0.25, 0.3) is 10.8 Å². The first-order valence-corrected chi connectivity index (χ1v) is 7.90. The second-order valence-electron chi connectivity index (χ2n) is 5.56. The zero-order chi connectivity index (χ0) is 16.8. The Morgan fingerprint density at radius 2 is 1.92 bits per heavy atom. The number of nitrogens with zero attached hydrogens (tertiary/aromatic N) is 2. The minimum absolute atomic E-state index is 0.155. The Hall–Kier alpha value is -2.92. The summed E-state index contributed by atoms with van der Waals surface area (Å²) in [4.78, 5) is 18.4. The van der Waals surface area contributed by atoms with E-state index < -0.39 is 0 Å². The van der Waals surface area contributed by atoms with Gasteiger partial charge in [-0.25, -0.2) is 4.79 Å². The van der Waals surface area contributed by atoms with Crippen molar-refractivity contribution in [3.63, 3.8) is 0 Å². The number of nitrogens with two attached hydrogens (primary N) is 1. The Bertz CT molecular complexity index is 820. The molecule has 122 valence electrons.